The van der Waals surface area contributed by atoms with Gasteiger partial charge in [0.25, 0.3) is 0 Å². The number of aryl methyl sites for hydroxylation is 1. The first-order chi connectivity index (χ1) is 15.6. The summed E-state index contributed by atoms with van der Waals surface area (Å²) in [6, 6.07) is 19.7. The van der Waals surface area contributed by atoms with Gasteiger partial charge in [-0.15, -0.1) is 35.9 Å². The fourth-order valence-corrected chi connectivity index (χ4v) is 5.00. The Morgan fingerprint density at radius 3 is 2.38 bits per heavy atom. The van der Waals surface area contributed by atoms with Crippen LogP contribution in [0.15, 0.2) is 66.1 Å². The molecule has 1 atom stereocenters. The second kappa shape index (κ2) is 10.1. The molecule has 1 unspecified atom stereocenters. The van der Waals surface area contributed by atoms with Gasteiger partial charge in [0.05, 0.1) is 0 Å². The number of fused-ring (bicyclic) bond motifs is 2. The van der Waals surface area contributed by atoms with Crippen LogP contribution in [0.1, 0.15) is 58.9 Å². The molecule has 3 aromatic rings. The van der Waals surface area contributed by atoms with Crippen LogP contribution in [0.4, 0.5) is 0 Å². The number of hydrogen-bond acceptors (Lipinski definition) is 3. The Kier molecular flexibility index (Phi) is 7.85. The van der Waals surface area contributed by atoms with E-state index in [2.05, 4.69) is 42.2 Å². The summed E-state index contributed by atoms with van der Waals surface area (Å²) in [4.78, 5) is 16.8. The van der Waals surface area contributed by atoms with E-state index in [1.807, 2.05) is 58.2 Å². The number of allylic oxidation sites excluding steroid dienone is 2. The molecule has 1 fully saturated rings. The van der Waals surface area contributed by atoms with Gasteiger partial charge in [-0.2, -0.15) is 0 Å². The molecule has 1 radical (unpaired) electrons. The summed E-state index contributed by atoms with van der Waals surface area (Å²) in [5.41, 5.74) is 3.56. The fourth-order valence-electron chi connectivity index (χ4n) is 5.00. The molecule has 1 N–H and O–H groups in total. The maximum atomic E-state index is 12.4. The van der Waals surface area contributed by atoms with E-state index >= 15 is 0 Å². The topological polar surface area (TPSA) is 50.2 Å². The summed E-state index contributed by atoms with van der Waals surface area (Å²) in [6.45, 7) is 10.1. The van der Waals surface area contributed by atoms with Crippen molar-refractivity contribution in [1.29, 1.82) is 0 Å². The monoisotopic (exact) mass is 633 g/mol. The quantitative estimate of drug-likeness (QED) is 0.281. The van der Waals surface area contributed by atoms with Crippen molar-refractivity contribution in [2.75, 3.05) is 0 Å². The Hall–Kier alpha value is -2.29. The van der Waals surface area contributed by atoms with E-state index in [0.717, 1.165) is 42.5 Å². The first-order valence-electron chi connectivity index (χ1n) is 11.9. The average molecular weight is 633 g/mol. The number of aliphatic hydroxyl groups excluding tert-OH is 1. The van der Waals surface area contributed by atoms with Crippen molar-refractivity contribution in [2.45, 2.75) is 60.3 Å². The van der Waals surface area contributed by atoms with E-state index in [1.165, 1.54) is 16.3 Å². The third kappa shape index (κ3) is 5.19. The van der Waals surface area contributed by atoms with Crippen LogP contribution >= 0.6 is 0 Å². The number of nitrogens with zero attached hydrogens (tertiary/aromatic N) is 1. The van der Waals surface area contributed by atoms with Gasteiger partial charge in [-0.1, -0.05) is 51.5 Å². The van der Waals surface area contributed by atoms with E-state index in [4.69, 9.17) is 0 Å². The van der Waals surface area contributed by atoms with E-state index in [0.29, 0.717) is 11.7 Å². The van der Waals surface area contributed by atoms with Gasteiger partial charge in [-0.3, -0.25) is 4.79 Å². The van der Waals surface area contributed by atoms with Crippen LogP contribution in [0.5, 0.6) is 0 Å². The van der Waals surface area contributed by atoms with E-state index < -0.39 is 0 Å². The Morgan fingerprint density at radius 1 is 1.00 bits per heavy atom. The third-order valence-electron chi connectivity index (χ3n) is 7.28. The van der Waals surface area contributed by atoms with E-state index in [1.54, 1.807) is 0 Å². The van der Waals surface area contributed by atoms with Gasteiger partial charge in [0.1, 0.15) is 5.76 Å². The van der Waals surface area contributed by atoms with Gasteiger partial charge in [-0.25, -0.2) is 0 Å². The second-order valence-electron chi connectivity index (χ2n) is 10.8. The SMILES string of the molecule is CC1(C)CCC2CCC(C)(C)C(O)=C2C1=O.Cc1ccc2c(-c3[c-]cccc3)nccc2c1.[Ir]. The molecule has 1 saturated carbocycles. The molecule has 4 heteroatoms. The number of Topliss-reactive ketones (excluding diaryl/α,β-unsaturated/α-hetero) is 1. The summed E-state index contributed by atoms with van der Waals surface area (Å²) in [6.07, 6.45) is 5.90. The normalized spacial score (nSPS) is 20.6. The second-order valence-corrected chi connectivity index (χ2v) is 10.8. The summed E-state index contributed by atoms with van der Waals surface area (Å²) in [5, 5.41) is 12.7. The zero-order chi connectivity index (χ0) is 23.8. The minimum atomic E-state index is -0.284. The Balaban J connectivity index is 0.000000186. The van der Waals surface area contributed by atoms with Crippen LogP contribution in [-0.2, 0) is 24.9 Å². The summed E-state index contributed by atoms with van der Waals surface area (Å²) >= 11 is 0. The van der Waals surface area contributed by atoms with Crippen molar-refractivity contribution in [3.05, 3.63) is 77.7 Å². The van der Waals surface area contributed by atoms with Crippen LogP contribution in [0.25, 0.3) is 22.0 Å². The molecular weight excluding hydrogens is 599 g/mol. The molecular formula is C30H34IrNO2-. The van der Waals surface area contributed by atoms with Gasteiger partial charge in [0.15, 0.2) is 5.78 Å². The number of rotatable bonds is 1. The number of carbonyl (C=O) groups excluding carboxylic acids is 1. The Morgan fingerprint density at radius 2 is 1.71 bits per heavy atom. The predicted molar refractivity (Wildman–Crippen MR) is 135 cm³/mol. The number of aromatic nitrogens is 1. The molecule has 1 aromatic heterocycles. The van der Waals surface area contributed by atoms with Crippen molar-refractivity contribution in [3.8, 4) is 11.3 Å². The third-order valence-corrected chi connectivity index (χ3v) is 7.28. The zero-order valence-corrected chi connectivity index (χ0v) is 23.1. The maximum absolute atomic E-state index is 12.4. The molecule has 0 spiro atoms. The molecule has 181 valence electrons. The van der Waals surface area contributed by atoms with E-state index in [-0.39, 0.29) is 36.7 Å². The number of ketones is 1. The number of carbonyl (C=O) groups is 1. The summed E-state index contributed by atoms with van der Waals surface area (Å²) in [7, 11) is 0. The van der Waals surface area contributed by atoms with Crippen LogP contribution in [0.3, 0.4) is 0 Å². The molecule has 0 bridgehead atoms. The van der Waals surface area contributed by atoms with Crippen molar-refractivity contribution in [2.24, 2.45) is 16.7 Å². The molecule has 2 aliphatic carbocycles. The van der Waals surface area contributed by atoms with Crippen LogP contribution in [0.2, 0.25) is 0 Å². The molecule has 5 rings (SSSR count). The van der Waals surface area contributed by atoms with Gasteiger partial charge in [-0.05, 0) is 61.1 Å². The van der Waals surface area contributed by atoms with Gasteiger partial charge in [0.2, 0.25) is 0 Å². The van der Waals surface area contributed by atoms with Crippen molar-refractivity contribution < 1.29 is 30.0 Å². The smallest absolute Gasteiger partial charge is 0.168 e. The number of pyridine rings is 1. The predicted octanol–water partition coefficient (Wildman–Crippen LogP) is 7.63. The van der Waals surface area contributed by atoms with Crippen molar-refractivity contribution >= 4 is 16.6 Å². The molecule has 3 nitrogen and oxygen atoms in total. The standard InChI is InChI=1S/C16H12N.C14H22O2.Ir/c1-12-7-8-15-14(11-12)9-10-17-16(15)13-5-3-2-4-6-13;1-13(2)7-5-9-6-8-14(3,4)12(16)10(9)11(13)15;/h2-5,7-11H,1H3;9,15H,5-8H2,1-4H3;/q-1;;. The molecule has 2 aromatic carbocycles. The summed E-state index contributed by atoms with van der Waals surface area (Å²) in [5.74, 6) is 0.851. The largest absolute Gasteiger partial charge is 0.511 e. The van der Waals surface area contributed by atoms with Crippen LogP contribution in [-0.4, -0.2) is 15.9 Å². The summed E-state index contributed by atoms with van der Waals surface area (Å²) < 4.78 is 0. The molecule has 0 aliphatic heterocycles. The van der Waals surface area contributed by atoms with Crippen LogP contribution < -0.4 is 0 Å². The molecule has 1 heterocycles. The van der Waals surface area contributed by atoms with E-state index in [9.17, 15) is 9.90 Å². The molecule has 2 aliphatic rings. The maximum Gasteiger partial charge on any atom is 0.168 e. The number of aliphatic hydroxyl groups is 1. The number of hydrogen-bond donors (Lipinski definition) is 1. The Labute approximate surface area is 217 Å². The average Bonchev–Trinajstić information content (AvgIpc) is 2.79. The minimum absolute atomic E-state index is 0. The molecule has 0 saturated heterocycles. The van der Waals surface area contributed by atoms with Gasteiger partial charge in [0, 0.05) is 42.7 Å². The first-order valence-corrected chi connectivity index (χ1v) is 11.9. The van der Waals surface area contributed by atoms with Crippen molar-refractivity contribution in [1.82, 2.24) is 4.98 Å². The molecule has 34 heavy (non-hydrogen) atoms. The minimum Gasteiger partial charge on any atom is -0.511 e. The van der Waals surface area contributed by atoms with Gasteiger partial charge >= 0.3 is 0 Å². The first kappa shape index (κ1) is 26.3. The van der Waals surface area contributed by atoms with Gasteiger partial charge < -0.3 is 10.1 Å². The Bertz CT molecular complexity index is 1210. The number of benzene rings is 2. The van der Waals surface area contributed by atoms with Crippen molar-refractivity contribution in [3.63, 3.8) is 0 Å². The zero-order valence-electron chi connectivity index (χ0n) is 20.7. The molecule has 0 amide bonds. The fraction of sp³-hybridized carbons (Fsp3) is 0.400. The van der Waals surface area contributed by atoms with Crippen LogP contribution in [0, 0.1) is 29.7 Å².